The molecule has 1 aromatic heterocycles. The lowest BCUT2D eigenvalue weighted by atomic mass is 10.2. The third kappa shape index (κ3) is 2.87. The van der Waals surface area contributed by atoms with Crippen LogP contribution < -0.4 is 11.1 Å². The molecule has 1 amide bonds. The minimum atomic E-state index is -0.153. The molecule has 1 unspecified atom stereocenters. The van der Waals surface area contributed by atoms with Crippen LogP contribution in [-0.4, -0.2) is 42.0 Å². The molecule has 0 aliphatic carbocycles. The Labute approximate surface area is 105 Å². The van der Waals surface area contributed by atoms with Gasteiger partial charge in [-0.25, -0.2) is 4.98 Å². The van der Waals surface area contributed by atoms with Crippen molar-refractivity contribution in [1.29, 1.82) is 0 Å². The van der Waals surface area contributed by atoms with Crippen molar-refractivity contribution in [2.45, 2.75) is 12.5 Å². The third-order valence-electron chi connectivity index (χ3n) is 2.86. The Hall–Kier alpha value is -1.33. The Morgan fingerprint density at radius 2 is 2.47 bits per heavy atom. The second-order valence-electron chi connectivity index (χ2n) is 4.31. The minimum absolute atomic E-state index is 0.153. The Morgan fingerprint density at radius 1 is 1.71 bits per heavy atom. The average molecular weight is 255 g/mol. The van der Waals surface area contributed by atoms with Crippen LogP contribution in [0, 0.1) is 0 Å². The van der Waals surface area contributed by atoms with Crippen molar-refractivity contribution in [1.82, 2.24) is 15.2 Å². The number of nitrogens with one attached hydrogen (secondary N) is 1. The van der Waals surface area contributed by atoms with Crippen LogP contribution in [0.2, 0.25) is 5.02 Å². The molecular weight excluding hydrogens is 240 g/mol. The number of rotatable bonds is 2. The minimum Gasteiger partial charge on any atom is -0.382 e. The van der Waals surface area contributed by atoms with E-state index in [-0.39, 0.29) is 17.8 Å². The first-order valence-corrected chi connectivity index (χ1v) is 5.84. The second-order valence-corrected chi connectivity index (χ2v) is 4.72. The Balaban J connectivity index is 2.02. The van der Waals surface area contributed by atoms with Gasteiger partial charge in [0.25, 0.3) is 5.91 Å². The number of likely N-dealkylation sites (tertiary alicyclic amines) is 1. The highest BCUT2D eigenvalue weighted by Gasteiger charge is 2.21. The number of pyridine rings is 1. The third-order valence-corrected chi connectivity index (χ3v) is 3.16. The zero-order valence-corrected chi connectivity index (χ0v) is 10.4. The summed E-state index contributed by atoms with van der Waals surface area (Å²) in [5.74, 6) is 0.0866. The van der Waals surface area contributed by atoms with Gasteiger partial charge in [-0.2, -0.15) is 0 Å². The molecule has 3 N–H and O–H groups in total. The predicted octanol–water partition coefficient (Wildman–Crippen LogP) is 0.751. The summed E-state index contributed by atoms with van der Waals surface area (Å²) in [6.45, 7) is 1.88. The molecule has 1 saturated heterocycles. The van der Waals surface area contributed by atoms with Crippen LogP contribution in [0.3, 0.4) is 0 Å². The fourth-order valence-corrected chi connectivity index (χ4v) is 2.06. The quantitative estimate of drug-likeness (QED) is 0.817. The van der Waals surface area contributed by atoms with E-state index in [0.717, 1.165) is 19.5 Å². The number of carbonyl (C=O) groups is 1. The summed E-state index contributed by atoms with van der Waals surface area (Å²) < 4.78 is 0. The van der Waals surface area contributed by atoms with Crippen molar-refractivity contribution in [2.75, 3.05) is 25.9 Å². The summed E-state index contributed by atoms with van der Waals surface area (Å²) in [5, 5.41) is 3.26. The van der Waals surface area contributed by atoms with E-state index in [2.05, 4.69) is 15.2 Å². The molecular formula is C11H15ClN4O. The highest BCUT2D eigenvalue weighted by molar-refractivity contribution is 6.33. The molecule has 2 rings (SSSR count). The lowest BCUT2D eigenvalue weighted by molar-refractivity contribution is 0.0938. The monoisotopic (exact) mass is 254 g/mol. The molecule has 0 bridgehead atoms. The predicted molar refractivity (Wildman–Crippen MR) is 67.0 cm³/mol. The molecule has 92 valence electrons. The summed E-state index contributed by atoms with van der Waals surface area (Å²) in [6, 6.07) is 1.74. The maximum atomic E-state index is 11.9. The van der Waals surface area contributed by atoms with Gasteiger partial charge in [0.15, 0.2) is 0 Å². The summed E-state index contributed by atoms with van der Waals surface area (Å²) >= 11 is 5.82. The van der Waals surface area contributed by atoms with E-state index in [4.69, 9.17) is 17.3 Å². The molecule has 17 heavy (non-hydrogen) atoms. The van der Waals surface area contributed by atoms with Gasteiger partial charge < -0.3 is 16.0 Å². The molecule has 2 heterocycles. The number of hydrogen-bond donors (Lipinski definition) is 2. The Bertz CT molecular complexity index is 437. The normalized spacial score (nSPS) is 20.5. The van der Waals surface area contributed by atoms with Crippen molar-refractivity contribution in [3.05, 3.63) is 22.8 Å². The van der Waals surface area contributed by atoms with Crippen LogP contribution in [0.5, 0.6) is 0 Å². The molecule has 1 aromatic rings. The zero-order chi connectivity index (χ0) is 12.4. The molecule has 1 fully saturated rings. The van der Waals surface area contributed by atoms with Crippen LogP contribution in [-0.2, 0) is 0 Å². The molecule has 0 aromatic carbocycles. The van der Waals surface area contributed by atoms with E-state index in [1.54, 1.807) is 0 Å². The van der Waals surface area contributed by atoms with E-state index >= 15 is 0 Å². The number of carbonyl (C=O) groups excluding carboxylic acids is 1. The molecule has 0 spiro atoms. The van der Waals surface area contributed by atoms with Gasteiger partial charge in [0.1, 0.15) is 5.82 Å². The number of nitrogen functional groups attached to an aromatic ring is 1. The Kier molecular flexibility index (Phi) is 3.49. The summed E-state index contributed by atoms with van der Waals surface area (Å²) in [5.41, 5.74) is 5.93. The van der Waals surface area contributed by atoms with Crippen molar-refractivity contribution in [3.63, 3.8) is 0 Å². The molecule has 6 heteroatoms. The number of likely N-dealkylation sites (N-methyl/N-ethyl adjacent to an activating group) is 1. The van der Waals surface area contributed by atoms with Gasteiger partial charge in [-0.05, 0) is 26.1 Å². The van der Waals surface area contributed by atoms with Gasteiger partial charge in [0.2, 0.25) is 0 Å². The van der Waals surface area contributed by atoms with Crippen LogP contribution in [0.1, 0.15) is 16.8 Å². The molecule has 1 aliphatic heterocycles. The number of aromatic nitrogens is 1. The molecule has 5 nitrogen and oxygen atoms in total. The first-order chi connectivity index (χ1) is 8.06. The van der Waals surface area contributed by atoms with Crippen molar-refractivity contribution in [2.24, 2.45) is 0 Å². The first-order valence-electron chi connectivity index (χ1n) is 5.46. The smallest absolute Gasteiger partial charge is 0.253 e. The van der Waals surface area contributed by atoms with Gasteiger partial charge in [-0.3, -0.25) is 4.79 Å². The Morgan fingerprint density at radius 3 is 3.06 bits per heavy atom. The van der Waals surface area contributed by atoms with E-state index in [1.165, 1.54) is 12.3 Å². The van der Waals surface area contributed by atoms with Gasteiger partial charge in [-0.1, -0.05) is 11.6 Å². The number of amides is 1. The van der Waals surface area contributed by atoms with Crippen LogP contribution >= 0.6 is 11.6 Å². The van der Waals surface area contributed by atoms with Gasteiger partial charge in [-0.15, -0.1) is 0 Å². The summed E-state index contributed by atoms with van der Waals surface area (Å²) in [4.78, 5) is 17.9. The highest BCUT2D eigenvalue weighted by atomic mass is 35.5. The molecule has 1 aliphatic rings. The van der Waals surface area contributed by atoms with Crippen LogP contribution in [0.25, 0.3) is 0 Å². The van der Waals surface area contributed by atoms with Crippen molar-refractivity contribution in [3.8, 4) is 0 Å². The number of nitrogens with zero attached hydrogens (tertiary/aromatic N) is 2. The van der Waals surface area contributed by atoms with Crippen LogP contribution in [0.15, 0.2) is 12.3 Å². The van der Waals surface area contributed by atoms with Gasteiger partial charge in [0, 0.05) is 18.8 Å². The maximum Gasteiger partial charge on any atom is 0.253 e. The largest absolute Gasteiger partial charge is 0.382 e. The zero-order valence-electron chi connectivity index (χ0n) is 9.61. The molecule has 0 saturated carbocycles. The van der Waals surface area contributed by atoms with E-state index in [1.807, 2.05) is 7.05 Å². The lowest BCUT2D eigenvalue weighted by Gasteiger charge is -2.12. The number of halogens is 1. The summed E-state index contributed by atoms with van der Waals surface area (Å²) in [6.07, 6.45) is 2.41. The van der Waals surface area contributed by atoms with E-state index in [0.29, 0.717) is 10.6 Å². The second kappa shape index (κ2) is 4.89. The maximum absolute atomic E-state index is 11.9. The fraction of sp³-hybridized carbons (Fsp3) is 0.455. The SMILES string of the molecule is CN1CCC(NC(=O)c2cnc(N)c(Cl)c2)C1. The first kappa shape index (κ1) is 12.1. The molecule has 0 radical (unpaired) electrons. The fourth-order valence-electron chi connectivity index (χ4n) is 1.89. The van der Waals surface area contributed by atoms with E-state index < -0.39 is 0 Å². The number of nitrogens with two attached hydrogens (primary N) is 1. The topological polar surface area (TPSA) is 71.2 Å². The summed E-state index contributed by atoms with van der Waals surface area (Å²) in [7, 11) is 2.04. The van der Waals surface area contributed by atoms with Gasteiger partial charge >= 0.3 is 0 Å². The van der Waals surface area contributed by atoms with Crippen molar-refractivity contribution < 1.29 is 4.79 Å². The van der Waals surface area contributed by atoms with Crippen LogP contribution in [0.4, 0.5) is 5.82 Å². The van der Waals surface area contributed by atoms with Gasteiger partial charge in [0.05, 0.1) is 10.6 Å². The number of hydrogen-bond acceptors (Lipinski definition) is 4. The lowest BCUT2D eigenvalue weighted by Crippen LogP contribution is -2.36. The number of anilines is 1. The average Bonchev–Trinajstić information content (AvgIpc) is 2.68. The molecule has 1 atom stereocenters. The standard InChI is InChI=1S/C11H15ClN4O/c1-16-3-2-8(6-16)15-11(17)7-4-9(12)10(13)14-5-7/h4-5,8H,2-3,6H2,1H3,(H2,13,14)(H,15,17). The highest BCUT2D eigenvalue weighted by Crippen LogP contribution is 2.17. The van der Waals surface area contributed by atoms with Crippen molar-refractivity contribution >= 4 is 23.3 Å². The van der Waals surface area contributed by atoms with E-state index in [9.17, 15) is 4.79 Å².